The Morgan fingerprint density at radius 2 is 2.06 bits per heavy atom. The van der Waals surface area contributed by atoms with Crippen LogP contribution in [0.3, 0.4) is 0 Å². The summed E-state index contributed by atoms with van der Waals surface area (Å²) in [5, 5.41) is 0. The van der Waals surface area contributed by atoms with Crippen LogP contribution in [0.4, 0.5) is 13.2 Å². The summed E-state index contributed by atoms with van der Waals surface area (Å²) in [5.74, 6) is -1.93. The molecule has 0 amide bonds. The maximum absolute atomic E-state index is 12.1. The molecule has 0 N–H and O–H groups in total. The first kappa shape index (κ1) is 13.5. The summed E-state index contributed by atoms with van der Waals surface area (Å²) < 4.78 is 39.9. The van der Waals surface area contributed by atoms with Crippen LogP contribution in [0.2, 0.25) is 0 Å². The van der Waals surface area contributed by atoms with E-state index in [2.05, 4.69) is 4.74 Å². The number of benzene rings is 1. The molecule has 92 valence electrons. The number of Topliss-reactive ketones (excluding diaryl/α,β-unsaturated/α-hetero) is 1. The summed E-state index contributed by atoms with van der Waals surface area (Å²) in [4.78, 5) is 21.7. The number of rotatable bonds is 4. The van der Waals surface area contributed by atoms with Gasteiger partial charge in [-0.15, -0.1) is 24.8 Å². The van der Waals surface area contributed by atoms with Crippen molar-refractivity contribution in [1.29, 1.82) is 0 Å². The second-order valence-electron chi connectivity index (χ2n) is 2.98. The molecule has 0 aromatic heterocycles. The minimum absolute atomic E-state index is 0.0321. The van der Waals surface area contributed by atoms with Crippen molar-refractivity contribution in [2.24, 2.45) is 0 Å². The fourth-order valence-corrected chi connectivity index (χ4v) is 1.27. The highest BCUT2D eigenvalue weighted by atomic mass is 35.5. The largest absolute Gasteiger partial charge is 0.573 e. The monoisotopic (exact) mass is 266 g/mol. The minimum atomic E-state index is -4.94. The summed E-state index contributed by atoms with van der Waals surface area (Å²) in [6.45, 7) is 0. The van der Waals surface area contributed by atoms with Gasteiger partial charge in [-0.1, -0.05) is 6.07 Å². The third-order valence-corrected chi connectivity index (χ3v) is 2.03. The number of hydrogen-bond acceptors (Lipinski definition) is 3. The highest BCUT2D eigenvalue weighted by Crippen LogP contribution is 2.27. The number of halogens is 4. The van der Waals surface area contributed by atoms with E-state index in [0.717, 1.165) is 12.1 Å². The fourth-order valence-electron chi connectivity index (χ4n) is 1.12. The summed E-state index contributed by atoms with van der Waals surface area (Å²) >= 11 is 5.25. The van der Waals surface area contributed by atoms with Crippen LogP contribution in [0.15, 0.2) is 18.2 Å². The molecular weight excluding hydrogens is 261 g/mol. The van der Waals surface area contributed by atoms with Gasteiger partial charge in [-0.2, -0.15) is 0 Å². The van der Waals surface area contributed by atoms with Crippen LogP contribution in [-0.4, -0.2) is 24.3 Å². The summed E-state index contributed by atoms with van der Waals surface area (Å²) in [6, 6.07) is 3.10. The van der Waals surface area contributed by atoms with Gasteiger partial charge in [0.1, 0.15) is 12.0 Å². The molecule has 0 heterocycles. The smallest absolute Gasteiger partial charge is 0.405 e. The van der Waals surface area contributed by atoms with E-state index in [-0.39, 0.29) is 11.1 Å². The normalized spacial score (nSPS) is 11.1. The Kier molecular flexibility index (Phi) is 4.11. The number of ketones is 1. The van der Waals surface area contributed by atoms with Crippen molar-refractivity contribution in [2.45, 2.75) is 6.36 Å². The molecule has 1 rings (SSSR count). The van der Waals surface area contributed by atoms with E-state index in [1.165, 1.54) is 6.07 Å². The molecule has 0 saturated heterocycles. The van der Waals surface area contributed by atoms with Gasteiger partial charge < -0.3 is 4.74 Å². The van der Waals surface area contributed by atoms with Crippen LogP contribution >= 0.6 is 11.6 Å². The molecule has 0 saturated carbocycles. The Labute approximate surface area is 99.1 Å². The number of aldehydes is 1. The van der Waals surface area contributed by atoms with Crippen LogP contribution in [0.25, 0.3) is 0 Å². The highest BCUT2D eigenvalue weighted by Gasteiger charge is 2.33. The van der Waals surface area contributed by atoms with Crippen LogP contribution < -0.4 is 4.74 Å². The minimum Gasteiger partial charge on any atom is -0.405 e. The maximum Gasteiger partial charge on any atom is 0.573 e. The molecule has 0 aliphatic heterocycles. The third-order valence-electron chi connectivity index (χ3n) is 1.79. The van der Waals surface area contributed by atoms with Crippen molar-refractivity contribution in [1.82, 2.24) is 0 Å². The molecule has 0 bridgehead atoms. The highest BCUT2D eigenvalue weighted by molar-refractivity contribution is 6.30. The van der Waals surface area contributed by atoms with Gasteiger partial charge in [0.25, 0.3) is 0 Å². The van der Waals surface area contributed by atoms with Gasteiger partial charge in [0.05, 0.1) is 11.4 Å². The molecule has 0 unspecified atom stereocenters. The number of hydrogen-bond donors (Lipinski definition) is 0. The number of carbonyl (C=O) groups is 2. The van der Waals surface area contributed by atoms with E-state index >= 15 is 0 Å². The quantitative estimate of drug-likeness (QED) is 0.478. The molecule has 17 heavy (non-hydrogen) atoms. The third kappa shape index (κ3) is 3.74. The van der Waals surface area contributed by atoms with Gasteiger partial charge in [-0.3, -0.25) is 9.59 Å². The fraction of sp³-hybridized carbons (Fsp3) is 0.200. The Morgan fingerprint density at radius 3 is 2.53 bits per heavy atom. The average Bonchev–Trinajstić information content (AvgIpc) is 2.25. The molecule has 0 fully saturated rings. The van der Waals surface area contributed by atoms with Crippen molar-refractivity contribution in [3.8, 4) is 5.75 Å². The van der Waals surface area contributed by atoms with Gasteiger partial charge in [-0.25, -0.2) is 0 Å². The Morgan fingerprint density at radius 1 is 1.41 bits per heavy atom. The van der Waals surface area contributed by atoms with Crippen LogP contribution in [0.1, 0.15) is 20.7 Å². The first-order valence-corrected chi connectivity index (χ1v) is 4.85. The van der Waals surface area contributed by atoms with Crippen molar-refractivity contribution >= 4 is 23.7 Å². The molecular formula is C10H6ClF3O3. The second-order valence-corrected chi connectivity index (χ2v) is 3.25. The zero-order valence-electron chi connectivity index (χ0n) is 8.25. The first-order valence-electron chi connectivity index (χ1n) is 4.31. The van der Waals surface area contributed by atoms with E-state index in [1.54, 1.807) is 0 Å². The summed E-state index contributed by atoms with van der Waals surface area (Å²) in [7, 11) is 0. The van der Waals surface area contributed by atoms with Crippen molar-refractivity contribution < 1.29 is 27.5 Å². The molecule has 7 heteroatoms. The molecule has 0 aliphatic carbocycles. The van der Waals surface area contributed by atoms with Gasteiger partial charge in [-0.05, 0) is 12.1 Å². The Hall–Kier alpha value is -1.56. The Bertz CT molecular complexity index is 443. The second kappa shape index (κ2) is 5.18. The van der Waals surface area contributed by atoms with Crippen molar-refractivity contribution in [2.75, 3.05) is 5.88 Å². The number of ether oxygens (including phenoxy) is 1. The Balaban J connectivity index is 3.20. The van der Waals surface area contributed by atoms with E-state index in [0.29, 0.717) is 6.29 Å². The van der Waals surface area contributed by atoms with Gasteiger partial charge in [0.2, 0.25) is 0 Å². The maximum atomic E-state index is 12.1. The number of carbonyl (C=O) groups excluding carboxylic acids is 2. The van der Waals surface area contributed by atoms with Gasteiger partial charge >= 0.3 is 6.36 Å². The zero-order chi connectivity index (χ0) is 13.1. The van der Waals surface area contributed by atoms with Crippen LogP contribution in [0, 0.1) is 0 Å². The predicted molar refractivity (Wildman–Crippen MR) is 53.6 cm³/mol. The van der Waals surface area contributed by atoms with E-state index in [4.69, 9.17) is 11.6 Å². The lowest BCUT2D eigenvalue weighted by Gasteiger charge is -2.12. The summed E-state index contributed by atoms with van der Waals surface area (Å²) in [6.07, 6.45) is -4.60. The zero-order valence-corrected chi connectivity index (χ0v) is 9.01. The molecule has 0 aliphatic rings. The van der Waals surface area contributed by atoms with E-state index < -0.39 is 23.8 Å². The van der Waals surface area contributed by atoms with Crippen LogP contribution in [-0.2, 0) is 0 Å². The molecule has 1 aromatic carbocycles. The lowest BCUT2D eigenvalue weighted by molar-refractivity contribution is -0.274. The lowest BCUT2D eigenvalue weighted by Crippen LogP contribution is -2.19. The number of alkyl halides is 4. The van der Waals surface area contributed by atoms with Crippen molar-refractivity contribution in [3.63, 3.8) is 0 Å². The SMILES string of the molecule is O=Cc1ccc(C(=O)CCl)c(OC(F)(F)F)c1. The first-order chi connectivity index (χ1) is 7.87. The lowest BCUT2D eigenvalue weighted by atomic mass is 10.1. The van der Waals surface area contributed by atoms with Gasteiger partial charge in [0, 0.05) is 5.56 Å². The molecule has 1 aromatic rings. The molecule has 0 atom stereocenters. The topological polar surface area (TPSA) is 43.4 Å². The van der Waals surface area contributed by atoms with Gasteiger partial charge in [0.15, 0.2) is 5.78 Å². The van der Waals surface area contributed by atoms with E-state index in [1.807, 2.05) is 0 Å². The summed E-state index contributed by atoms with van der Waals surface area (Å²) in [5.41, 5.74) is -0.349. The van der Waals surface area contributed by atoms with Crippen molar-refractivity contribution in [3.05, 3.63) is 29.3 Å². The molecule has 0 radical (unpaired) electrons. The predicted octanol–water partition coefficient (Wildman–Crippen LogP) is 2.82. The van der Waals surface area contributed by atoms with Crippen LogP contribution in [0.5, 0.6) is 5.75 Å². The average molecular weight is 267 g/mol. The molecule has 3 nitrogen and oxygen atoms in total. The standard InChI is InChI=1S/C10H6ClF3O3/c11-4-8(16)7-2-1-6(5-15)3-9(7)17-10(12,13)14/h1-3,5H,4H2. The molecule has 0 spiro atoms. The van der Waals surface area contributed by atoms with E-state index in [9.17, 15) is 22.8 Å².